The van der Waals surface area contributed by atoms with Crippen molar-refractivity contribution in [2.75, 3.05) is 25.0 Å². The van der Waals surface area contributed by atoms with Crippen LogP contribution in [-0.2, 0) is 4.79 Å². The van der Waals surface area contributed by atoms with Crippen LogP contribution in [0.4, 0.5) is 5.69 Å². The zero-order valence-corrected chi connectivity index (χ0v) is 11.4. The van der Waals surface area contributed by atoms with Gasteiger partial charge in [-0.2, -0.15) is 0 Å². The molecule has 1 aliphatic heterocycles. The average Bonchev–Trinajstić information content (AvgIpc) is 2.33. The highest BCUT2D eigenvalue weighted by molar-refractivity contribution is 9.10. The van der Waals surface area contributed by atoms with Gasteiger partial charge in [0.25, 0.3) is 5.91 Å². The number of likely N-dealkylation sites (tertiary alicyclic amines) is 1. The zero-order valence-electron chi connectivity index (χ0n) is 9.84. The van der Waals surface area contributed by atoms with E-state index in [1.54, 1.807) is 0 Å². The van der Waals surface area contributed by atoms with Crippen LogP contribution in [0.15, 0.2) is 28.7 Å². The van der Waals surface area contributed by atoms with Gasteiger partial charge in [-0.25, -0.2) is 0 Å². The minimum Gasteiger partial charge on any atom is -0.327 e. The zero-order chi connectivity index (χ0) is 12.1. The molecular formula is C13H18BrN2O+. The van der Waals surface area contributed by atoms with Gasteiger partial charge in [-0.3, -0.25) is 4.79 Å². The highest BCUT2D eigenvalue weighted by Gasteiger charge is 2.17. The first-order valence-corrected chi connectivity index (χ1v) is 6.92. The smallest absolute Gasteiger partial charge is 0.279 e. The maximum atomic E-state index is 11.8. The lowest BCUT2D eigenvalue weighted by molar-refractivity contribution is -0.896. The molecule has 1 fully saturated rings. The lowest BCUT2D eigenvalue weighted by atomic mass is 10.1. The number of amides is 1. The third-order valence-electron chi connectivity index (χ3n) is 3.10. The molecule has 4 heteroatoms. The molecule has 2 N–H and O–H groups in total. The summed E-state index contributed by atoms with van der Waals surface area (Å²) in [4.78, 5) is 13.2. The van der Waals surface area contributed by atoms with Gasteiger partial charge in [0.2, 0.25) is 0 Å². The molecule has 0 bridgehead atoms. The Hall–Kier alpha value is -0.870. The predicted octanol–water partition coefficient (Wildman–Crippen LogP) is 1.46. The average molecular weight is 298 g/mol. The van der Waals surface area contributed by atoms with E-state index in [9.17, 15) is 4.79 Å². The molecule has 2 rings (SSSR count). The maximum absolute atomic E-state index is 11.8. The number of hydrogen-bond donors (Lipinski definition) is 2. The molecule has 1 aromatic carbocycles. The highest BCUT2D eigenvalue weighted by atomic mass is 79.9. The third kappa shape index (κ3) is 4.13. The maximum Gasteiger partial charge on any atom is 0.279 e. The second-order valence-electron chi connectivity index (χ2n) is 4.54. The number of piperidine rings is 1. The fourth-order valence-corrected chi connectivity index (χ4v) is 2.46. The van der Waals surface area contributed by atoms with Crippen LogP contribution < -0.4 is 10.2 Å². The fourth-order valence-electron chi connectivity index (χ4n) is 2.19. The lowest BCUT2D eigenvalue weighted by Gasteiger charge is -2.22. The molecule has 3 nitrogen and oxygen atoms in total. The van der Waals surface area contributed by atoms with Crippen molar-refractivity contribution in [2.45, 2.75) is 19.3 Å². The van der Waals surface area contributed by atoms with Crippen LogP contribution in [0.5, 0.6) is 0 Å². The Labute approximate surface area is 110 Å². The Morgan fingerprint density at radius 2 is 1.82 bits per heavy atom. The summed E-state index contributed by atoms with van der Waals surface area (Å²) in [6.45, 7) is 2.86. The first-order valence-electron chi connectivity index (χ1n) is 6.13. The number of anilines is 1. The Balaban J connectivity index is 1.82. The van der Waals surface area contributed by atoms with E-state index in [0.717, 1.165) is 23.2 Å². The molecule has 1 saturated heterocycles. The second kappa shape index (κ2) is 6.17. The van der Waals surface area contributed by atoms with Gasteiger partial charge >= 0.3 is 0 Å². The first kappa shape index (κ1) is 12.6. The molecule has 17 heavy (non-hydrogen) atoms. The van der Waals surface area contributed by atoms with Crippen molar-refractivity contribution in [3.05, 3.63) is 28.7 Å². The minimum atomic E-state index is 0.115. The van der Waals surface area contributed by atoms with Gasteiger partial charge < -0.3 is 10.2 Å². The van der Waals surface area contributed by atoms with Gasteiger partial charge in [0.1, 0.15) is 0 Å². The molecule has 1 heterocycles. The molecule has 0 radical (unpaired) electrons. The minimum absolute atomic E-state index is 0.115. The number of halogens is 1. The molecule has 0 atom stereocenters. The molecular weight excluding hydrogens is 280 g/mol. The number of quaternary nitrogens is 1. The fraction of sp³-hybridized carbons (Fsp3) is 0.462. The summed E-state index contributed by atoms with van der Waals surface area (Å²) in [5.74, 6) is 0.115. The SMILES string of the molecule is O=C(C[NH+]1CCCCC1)Nc1ccc(Br)cc1. The van der Waals surface area contributed by atoms with Gasteiger partial charge in [0.05, 0.1) is 13.1 Å². The molecule has 0 spiro atoms. The van der Waals surface area contributed by atoms with Crippen LogP contribution in [0.25, 0.3) is 0 Å². The van der Waals surface area contributed by atoms with Gasteiger partial charge in [-0.1, -0.05) is 15.9 Å². The van der Waals surface area contributed by atoms with Gasteiger partial charge in [0, 0.05) is 10.2 Å². The van der Waals surface area contributed by atoms with E-state index in [2.05, 4.69) is 21.2 Å². The van der Waals surface area contributed by atoms with E-state index in [4.69, 9.17) is 0 Å². The number of carbonyl (C=O) groups excluding carboxylic acids is 1. The summed E-state index contributed by atoms with van der Waals surface area (Å²) < 4.78 is 1.03. The largest absolute Gasteiger partial charge is 0.327 e. The van der Waals surface area contributed by atoms with Gasteiger partial charge in [-0.05, 0) is 43.5 Å². The summed E-state index contributed by atoms with van der Waals surface area (Å²) in [6.07, 6.45) is 3.82. The van der Waals surface area contributed by atoms with Crippen molar-refractivity contribution in [2.24, 2.45) is 0 Å². The Morgan fingerprint density at radius 3 is 2.47 bits per heavy atom. The van der Waals surface area contributed by atoms with Crippen LogP contribution in [0, 0.1) is 0 Å². The number of benzene rings is 1. The monoisotopic (exact) mass is 297 g/mol. The Bertz CT molecular complexity index is 372. The van der Waals surface area contributed by atoms with E-state index >= 15 is 0 Å². The quantitative estimate of drug-likeness (QED) is 0.870. The topological polar surface area (TPSA) is 33.5 Å². The van der Waals surface area contributed by atoms with Crippen LogP contribution in [-0.4, -0.2) is 25.5 Å². The third-order valence-corrected chi connectivity index (χ3v) is 3.63. The van der Waals surface area contributed by atoms with Gasteiger partial charge in [0.15, 0.2) is 6.54 Å². The van der Waals surface area contributed by atoms with Crippen molar-refractivity contribution >= 4 is 27.5 Å². The lowest BCUT2D eigenvalue weighted by Crippen LogP contribution is -3.13. The summed E-state index contributed by atoms with van der Waals surface area (Å²) in [5, 5.41) is 2.94. The molecule has 1 aromatic rings. The number of hydrogen-bond acceptors (Lipinski definition) is 1. The standard InChI is InChI=1S/C13H17BrN2O/c14-11-4-6-12(7-5-11)15-13(17)10-16-8-2-1-3-9-16/h4-7H,1-3,8-10H2,(H,15,17)/p+1. The van der Waals surface area contributed by atoms with Crippen LogP contribution in [0.2, 0.25) is 0 Å². The molecule has 1 aliphatic rings. The molecule has 1 amide bonds. The van der Waals surface area contributed by atoms with Crippen LogP contribution in [0.3, 0.4) is 0 Å². The number of carbonyl (C=O) groups is 1. The summed E-state index contributed by atoms with van der Waals surface area (Å²) in [6, 6.07) is 7.69. The van der Waals surface area contributed by atoms with Crippen molar-refractivity contribution in [1.29, 1.82) is 0 Å². The predicted molar refractivity (Wildman–Crippen MR) is 72.2 cm³/mol. The van der Waals surface area contributed by atoms with E-state index < -0.39 is 0 Å². The van der Waals surface area contributed by atoms with Crippen molar-refractivity contribution in [3.8, 4) is 0 Å². The van der Waals surface area contributed by atoms with Crippen LogP contribution in [0.1, 0.15) is 19.3 Å². The molecule has 0 aromatic heterocycles. The molecule has 0 unspecified atom stereocenters. The number of nitrogens with one attached hydrogen (secondary N) is 2. The van der Waals surface area contributed by atoms with Crippen molar-refractivity contribution in [3.63, 3.8) is 0 Å². The first-order chi connectivity index (χ1) is 8.24. The van der Waals surface area contributed by atoms with Crippen LogP contribution >= 0.6 is 15.9 Å². The van der Waals surface area contributed by atoms with E-state index in [0.29, 0.717) is 6.54 Å². The van der Waals surface area contributed by atoms with Crippen molar-refractivity contribution in [1.82, 2.24) is 0 Å². The highest BCUT2D eigenvalue weighted by Crippen LogP contribution is 2.13. The van der Waals surface area contributed by atoms with Crippen molar-refractivity contribution < 1.29 is 9.69 Å². The second-order valence-corrected chi connectivity index (χ2v) is 5.46. The van der Waals surface area contributed by atoms with E-state index in [-0.39, 0.29) is 5.91 Å². The normalized spacial score (nSPS) is 16.8. The Kier molecular flexibility index (Phi) is 4.57. The molecule has 92 valence electrons. The number of rotatable bonds is 3. The van der Waals surface area contributed by atoms with E-state index in [1.807, 2.05) is 24.3 Å². The van der Waals surface area contributed by atoms with E-state index in [1.165, 1.54) is 24.2 Å². The summed E-state index contributed by atoms with van der Waals surface area (Å²) in [7, 11) is 0. The van der Waals surface area contributed by atoms with Gasteiger partial charge in [-0.15, -0.1) is 0 Å². The molecule has 0 saturated carbocycles. The Morgan fingerprint density at radius 1 is 1.18 bits per heavy atom. The summed E-state index contributed by atoms with van der Waals surface area (Å²) >= 11 is 3.37. The summed E-state index contributed by atoms with van der Waals surface area (Å²) in [5.41, 5.74) is 0.870. The molecule has 0 aliphatic carbocycles.